The number of nitrogens with zero attached hydrogens (tertiary/aromatic N) is 1. The highest BCUT2D eigenvalue weighted by Gasteiger charge is 2.50. The van der Waals surface area contributed by atoms with Crippen LogP contribution < -0.4 is 4.74 Å². The number of hydrogen-bond donors (Lipinski definition) is 1. The van der Waals surface area contributed by atoms with Crippen molar-refractivity contribution in [3.63, 3.8) is 0 Å². The van der Waals surface area contributed by atoms with Crippen molar-refractivity contribution in [3.8, 4) is 5.75 Å². The van der Waals surface area contributed by atoms with Crippen LogP contribution in [0.5, 0.6) is 5.75 Å². The van der Waals surface area contributed by atoms with Crippen molar-refractivity contribution in [2.75, 3.05) is 7.11 Å². The van der Waals surface area contributed by atoms with E-state index in [1.807, 2.05) is 0 Å². The zero-order valence-corrected chi connectivity index (χ0v) is 18.1. The standard InChI is InChI=1S/C22H21Cl2NO5/c1-11-7-8-16(30-11)18-17(20(27)22(28)25(18)13-5-3-4-6-13)19(26)14-9-12(23)10-15(24)21(14)29-2/h7-10,13,18,26H,3-6H2,1-2H3/b19-17+. The Morgan fingerprint density at radius 2 is 1.90 bits per heavy atom. The number of likely N-dealkylation sites (tertiary alicyclic amines) is 1. The van der Waals surface area contributed by atoms with Gasteiger partial charge in [0.1, 0.15) is 29.1 Å². The third kappa shape index (κ3) is 3.38. The third-order valence-corrected chi connectivity index (χ3v) is 6.20. The van der Waals surface area contributed by atoms with Crippen molar-refractivity contribution in [2.24, 2.45) is 0 Å². The molecule has 2 aromatic rings. The van der Waals surface area contributed by atoms with E-state index in [0.29, 0.717) is 11.5 Å². The second-order valence-corrected chi connectivity index (χ2v) is 8.41. The molecule has 30 heavy (non-hydrogen) atoms. The predicted molar refractivity (Wildman–Crippen MR) is 113 cm³/mol. The molecule has 4 rings (SSSR count). The lowest BCUT2D eigenvalue weighted by Gasteiger charge is -2.29. The summed E-state index contributed by atoms with van der Waals surface area (Å²) in [6.07, 6.45) is 3.57. The van der Waals surface area contributed by atoms with Gasteiger partial charge in [-0.05, 0) is 44.0 Å². The number of Topliss-reactive ketones (excluding diaryl/α,β-unsaturated/α-hetero) is 1. The maximum atomic E-state index is 13.1. The lowest BCUT2D eigenvalue weighted by atomic mass is 9.98. The fourth-order valence-corrected chi connectivity index (χ4v) is 4.95. The van der Waals surface area contributed by atoms with Crippen LogP contribution in [0.2, 0.25) is 10.0 Å². The van der Waals surface area contributed by atoms with Crippen molar-refractivity contribution < 1.29 is 23.8 Å². The molecule has 8 heteroatoms. The molecular weight excluding hydrogens is 429 g/mol. The lowest BCUT2D eigenvalue weighted by molar-refractivity contribution is -0.141. The number of amides is 1. The normalized spacial score (nSPS) is 21.6. The molecule has 0 radical (unpaired) electrons. The third-order valence-electron chi connectivity index (χ3n) is 5.70. The van der Waals surface area contributed by atoms with Crippen LogP contribution in [0.25, 0.3) is 5.76 Å². The van der Waals surface area contributed by atoms with Crippen LogP contribution in [0, 0.1) is 6.92 Å². The minimum absolute atomic E-state index is 0.0575. The quantitative estimate of drug-likeness (QED) is 0.390. The van der Waals surface area contributed by atoms with Gasteiger partial charge in [0, 0.05) is 11.1 Å². The second kappa shape index (κ2) is 8.00. The van der Waals surface area contributed by atoms with E-state index in [0.717, 1.165) is 25.7 Å². The van der Waals surface area contributed by atoms with Gasteiger partial charge in [-0.3, -0.25) is 9.59 Å². The van der Waals surface area contributed by atoms with Gasteiger partial charge < -0.3 is 19.2 Å². The highest BCUT2D eigenvalue weighted by Crippen LogP contribution is 2.46. The second-order valence-electron chi connectivity index (χ2n) is 7.56. The summed E-state index contributed by atoms with van der Waals surface area (Å²) in [5, 5.41) is 11.7. The van der Waals surface area contributed by atoms with E-state index < -0.39 is 23.5 Å². The van der Waals surface area contributed by atoms with Crippen LogP contribution in [0.15, 0.2) is 34.3 Å². The van der Waals surface area contributed by atoms with Crippen molar-refractivity contribution in [1.29, 1.82) is 0 Å². The van der Waals surface area contributed by atoms with Crippen LogP contribution in [0.3, 0.4) is 0 Å². The van der Waals surface area contributed by atoms with Crippen LogP contribution in [-0.4, -0.2) is 34.8 Å². The fourth-order valence-electron chi connectivity index (χ4n) is 4.38. The maximum absolute atomic E-state index is 13.1. The number of carbonyl (C=O) groups is 2. The molecule has 1 saturated heterocycles. The van der Waals surface area contributed by atoms with Gasteiger partial charge in [-0.15, -0.1) is 0 Å². The number of hydrogen-bond acceptors (Lipinski definition) is 5. The molecule has 1 saturated carbocycles. The molecule has 2 fully saturated rings. The number of furan rings is 1. The van der Waals surface area contributed by atoms with Gasteiger partial charge in [0.05, 0.1) is 23.3 Å². The molecule has 1 aromatic carbocycles. The van der Waals surface area contributed by atoms with E-state index in [1.165, 1.54) is 19.2 Å². The molecule has 1 aliphatic carbocycles. The highest BCUT2D eigenvalue weighted by atomic mass is 35.5. The first-order valence-corrected chi connectivity index (χ1v) is 10.5. The molecule has 6 nitrogen and oxygen atoms in total. The number of ketones is 1. The topological polar surface area (TPSA) is 80.0 Å². The molecule has 1 aromatic heterocycles. The Labute approximate surface area is 184 Å². The SMILES string of the molecule is COc1c(Cl)cc(Cl)cc1/C(O)=C1\C(=O)C(=O)N(C2CCCC2)C1c1ccc(C)o1. The van der Waals surface area contributed by atoms with E-state index in [1.54, 1.807) is 24.0 Å². The summed E-state index contributed by atoms with van der Waals surface area (Å²) in [6.45, 7) is 1.78. The van der Waals surface area contributed by atoms with Gasteiger partial charge in [-0.1, -0.05) is 36.0 Å². The summed E-state index contributed by atoms with van der Waals surface area (Å²) in [7, 11) is 1.40. The van der Waals surface area contributed by atoms with Gasteiger partial charge in [0.15, 0.2) is 0 Å². The Morgan fingerprint density at radius 3 is 2.50 bits per heavy atom. The Bertz CT molecular complexity index is 1050. The number of aliphatic hydroxyl groups excluding tert-OH is 1. The minimum Gasteiger partial charge on any atom is -0.507 e. The molecule has 1 aliphatic heterocycles. The number of benzene rings is 1. The van der Waals surface area contributed by atoms with Crippen LogP contribution >= 0.6 is 23.2 Å². The first-order chi connectivity index (χ1) is 14.3. The smallest absolute Gasteiger partial charge is 0.296 e. The zero-order chi connectivity index (χ0) is 21.6. The molecule has 0 spiro atoms. The highest BCUT2D eigenvalue weighted by molar-refractivity contribution is 6.47. The van der Waals surface area contributed by atoms with Gasteiger partial charge in [0.2, 0.25) is 0 Å². The lowest BCUT2D eigenvalue weighted by Crippen LogP contribution is -2.37. The van der Waals surface area contributed by atoms with Crippen molar-refractivity contribution in [3.05, 3.63) is 57.0 Å². The van der Waals surface area contributed by atoms with Gasteiger partial charge in [-0.2, -0.15) is 0 Å². The van der Waals surface area contributed by atoms with Crippen LogP contribution in [0.1, 0.15) is 48.8 Å². The maximum Gasteiger partial charge on any atom is 0.296 e. The Hall–Kier alpha value is -2.44. The van der Waals surface area contributed by atoms with E-state index in [-0.39, 0.29) is 33.0 Å². The monoisotopic (exact) mass is 449 g/mol. The Kier molecular flexibility index (Phi) is 5.55. The molecule has 158 valence electrons. The number of ether oxygens (including phenoxy) is 1. The number of methoxy groups -OCH3 is 1. The average molecular weight is 450 g/mol. The molecule has 2 heterocycles. The number of aryl methyl sites for hydroxylation is 1. The largest absolute Gasteiger partial charge is 0.507 e. The average Bonchev–Trinajstić information content (AvgIpc) is 3.42. The Morgan fingerprint density at radius 1 is 1.20 bits per heavy atom. The molecule has 2 aliphatic rings. The number of carbonyl (C=O) groups excluding carboxylic acids is 2. The van der Waals surface area contributed by atoms with Crippen LogP contribution in [0.4, 0.5) is 0 Å². The number of halogens is 2. The van der Waals surface area contributed by atoms with Crippen molar-refractivity contribution in [2.45, 2.75) is 44.7 Å². The molecule has 1 atom stereocenters. The van der Waals surface area contributed by atoms with E-state index in [4.69, 9.17) is 32.4 Å². The summed E-state index contributed by atoms with van der Waals surface area (Å²) in [5.41, 5.74) is 0.0885. The summed E-state index contributed by atoms with van der Waals surface area (Å²) < 4.78 is 11.1. The first kappa shape index (κ1) is 20.8. The summed E-state index contributed by atoms with van der Waals surface area (Å²) in [6, 6.07) is 5.50. The molecule has 0 bridgehead atoms. The number of rotatable bonds is 4. The molecule has 1 amide bonds. The van der Waals surface area contributed by atoms with Gasteiger partial charge in [-0.25, -0.2) is 0 Å². The minimum atomic E-state index is -0.829. The van der Waals surface area contributed by atoms with Gasteiger partial charge in [0.25, 0.3) is 11.7 Å². The predicted octanol–water partition coefficient (Wildman–Crippen LogP) is 5.27. The van der Waals surface area contributed by atoms with E-state index in [9.17, 15) is 14.7 Å². The molecule has 1 unspecified atom stereocenters. The van der Waals surface area contributed by atoms with E-state index >= 15 is 0 Å². The summed E-state index contributed by atoms with van der Waals surface area (Å²) in [5.74, 6) is -0.571. The summed E-state index contributed by atoms with van der Waals surface area (Å²) >= 11 is 12.3. The number of aliphatic hydroxyl groups is 1. The van der Waals surface area contributed by atoms with Gasteiger partial charge >= 0.3 is 0 Å². The van der Waals surface area contributed by atoms with E-state index in [2.05, 4.69) is 0 Å². The zero-order valence-electron chi connectivity index (χ0n) is 16.6. The Balaban J connectivity index is 1.94. The van der Waals surface area contributed by atoms with Crippen molar-refractivity contribution >= 4 is 40.7 Å². The summed E-state index contributed by atoms with van der Waals surface area (Å²) in [4.78, 5) is 27.7. The molecular formula is C22H21Cl2NO5. The fraction of sp³-hybridized carbons (Fsp3) is 0.364. The molecule has 1 N–H and O–H groups in total. The van der Waals surface area contributed by atoms with Crippen molar-refractivity contribution in [1.82, 2.24) is 4.90 Å². The van der Waals surface area contributed by atoms with Crippen LogP contribution in [-0.2, 0) is 9.59 Å². The first-order valence-electron chi connectivity index (χ1n) is 9.73.